The van der Waals surface area contributed by atoms with E-state index >= 15 is 0 Å². The van der Waals surface area contributed by atoms with Gasteiger partial charge in [-0.1, -0.05) is 12.8 Å². The maximum Gasteiger partial charge on any atom is 0.0583 e. The molecule has 2 rings (SSSR count). The van der Waals surface area contributed by atoms with Crippen molar-refractivity contribution < 1.29 is 5.11 Å². The van der Waals surface area contributed by atoms with E-state index in [0.717, 1.165) is 13.0 Å². The van der Waals surface area contributed by atoms with Crippen molar-refractivity contribution in [1.29, 1.82) is 0 Å². The van der Waals surface area contributed by atoms with Crippen molar-refractivity contribution in [3.63, 3.8) is 0 Å². The van der Waals surface area contributed by atoms with Gasteiger partial charge in [-0.05, 0) is 46.3 Å². The van der Waals surface area contributed by atoms with Crippen molar-refractivity contribution in [2.24, 2.45) is 5.92 Å². The fraction of sp³-hybridized carbons (Fsp3) is 1.00. The molecule has 1 heterocycles. The highest BCUT2D eigenvalue weighted by Gasteiger charge is 2.36. The zero-order valence-electron chi connectivity index (χ0n) is 11.4. The molecular formula is C14H28N2O. The number of likely N-dealkylation sites (N-methyl/N-ethyl adjacent to an activating group) is 1. The van der Waals surface area contributed by atoms with E-state index in [0.29, 0.717) is 12.0 Å². The minimum Gasteiger partial charge on any atom is -0.393 e. The van der Waals surface area contributed by atoms with Crippen molar-refractivity contribution in [3.05, 3.63) is 0 Å². The molecule has 0 spiro atoms. The van der Waals surface area contributed by atoms with Gasteiger partial charge in [0.15, 0.2) is 0 Å². The van der Waals surface area contributed by atoms with Crippen LogP contribution in [-0.4, -0.2) is 60.8 Å². The number of aliphatic hydroxyl groups is 1. The molecule has 0 aromatic rings. The molecule has 0 bridgehead atoms. The zero-order chi connectivity index (χ0) is 12.3. The monoisotopic (exact) mass is 240 g/mol. The number of rotatable bonds is 4. The summed E-state index contributed by atoms with van der Waals surface area (Å²) in [5.74, 6) is 0.553. The molecule has 100 valence electrons. The van der Waals surface area contributed by atoms with E-state index in [1.165, 1.54) is 45.2 Å². The van der Waals surface area contributed by atoms with Crippen LogP contribution < -0.4 is 0 Å². The van der Waals surface area contributed by atoms with Crippen LogP contribution in [-0.2, 0) is 0 Å². The normalized spacial score (nSPS) is 35.6. The molecule has 1 aliphatic heterocycles. The van der Waals surface area contributed by atoms with Crippen LogP contribution in [0.4, 0.5) is 0 Å². The van der Waals surface area contributed by atoms with Crippen LogP contribution in [0.25, 0.3) is 0 Å². The minimum absolute atomic E-state index is 0.0278. The third-order valence-corrected chi connectivity index (χ3v) is 4.52. The molecule has 3 nitrogen and oxygen atoms in total. The van der Waals surface area contributed by atoms with Crippen molar-refractivity contribution in [2.45, 2.75) is 50.7 Å². The SMILES string of the molecule is CN(C)CCN1CCCCC1C1CCCC1O. The minimum atomic E-state index is -0.0278. The Morgan fingerprint density at radius 2 is 1.94 bits per heavy atom. The van der Waals surface area contributed by atoms with Gasteiger partial charge in [-0.3, -0.25) is 4.90 Å². The molecule has 0 radical (unpaired) electrons. The summed E-state index contributed by atoms with van der Waals surface area (Å²) in [6.07, 6.45) is 7.46. The first-order valence-corrected chi connectivity index (χ1v) is 7.25. The average molecular weight is 240 g/mol. The Hall–Kier alpha value is -0.120. The molecule has 1 saturated heterocycles. The van der Waals surface area contributed by atoms with Gasteiger partial charge in [0, 0.05) is 25.0 Å². The second-order valence-electron chi connectivity index (χ2n) is 6.06. The fourth-order valence-corrected chi connectivity index (χ4v) is 3.53. The lowest BCUT2D eigenvalue weighted by Gasteiger charge is -2.40. The van der Waals surface area contributed by atoms with Gasteiger partial charge in [0.05, 0.1) is 6.10 Å². The van der Waals surface area contributed by atoms with Crippen LogP contribution in [0, 0.1) is 5.92 Å². The Morgan fingerprint density at radius 3 is 2.59 bits per heavy atom. The van der Waals surface area contributed by atoms with Gasteiger partial charge >= 0.3 is 0 Å². The Morgan fingerprint density at radius 1 is 1.12 bits per heavy atom. The van der Waals surface area contributed by atoms with Crippen LogP contribution in [0.2, 0.25) is 0 Å². The predicted octanol–water partition coefficient (Wildman–Crippen LogP) is 1.56. The van der Waals surface area contributed by atoms with Gasteiger partial charge in [-0.2, -0.15) is 0 Å². The summed E-state index contributed by atoms with van der Waals surface area (Å²) in [5.41, 5.74) is 0. The molecule has 1 aliphatic carbocycles. The van der Waals surface area contributed by atoms with Crippen LogP contribution in [0.1, 0.15) is 38.5 Å². The molecule has 3 heteroatoms. The summed E-state index contributed by atoms with van der Waals surface area (Å²) >= 11 is 0. The zero-order valence-corrected chi connectivity index (χ0v) is 11.4. The first-order chi connectivity index (χ1) is 8.18. The molecule has 3 unspecified atom stereocenters. The van der Waals surface area contributed by atoms with Gasteiger partial charge in [-0.15, -0.1) is 0 Å². The summed E-state index contributed by atoms with van der Waals surface area (Å²) in [6, 6.07) is 0.654. The molecule has 1 N–H and O–H groups in total. The predicted molar refractivity (Wildman–Crippen MR) is 71.1 cm³/mol. The highest BCUT2D eigenvalue weighted by molar-refractivity contribution is 4.90. The lowest BCUT2D eigenvalue weighted by Crippen LogP contribution is -2.48. The number of piperidine rings is 1. The summed E-state index contributed by atoms with van der Waals surface area (Å²) in [6.45, 7) is 3.54. The Kier molecular flexibility index (Phi) is 4.83. The van der Waals surface area contributed by atoms with Gasteiger partial charge in [-0.25, -0.2) is 0 Å². The summed E-state index contributed by atoms with van der Waals surface area (Å²) in [5, 5.41) is 10.1. The van der Waals surface area contributed by atoms with Gasteiger partial charge in [0.1, 0.15) is 0 Å². The molecule has 2 fully saturated rings. The number of hydrogen-bond donors (Lipinski definition) is 1. The van der Waals surface area contributed by atoms with E-state index in [9.17, 15) is 5.11 Å². The molecule has 2 aliphatic rings. The van der Waals surface area contributed by atoms with Gasteiger partial charge in [0.25, 0.3) is 0 Å². The molecule has 3 atom stereocenters. The molecule has 0 aromatic carbocycles. The molecular weight excluding hydrogens is 212 g/mol. The Balaban J connectivity index is 1.91. The molecule has 0 aromatic heterocycles. The van der Waals surface area contributed by atoms with E-state index in [1.807, 2.05) is 0 Å². The van der Waals surface area contributed by atoms with E-state index < -0.39 is 0 Å². The van der Waals surface area contributed by atoms with E-state index in [4.69, 9.17) is 0 Å². The lowest BCUT2D eigenvalue weighted by atomic mass is 9.88. The smallest absolute Gasteiger partial charge is 0.0583 e. The van der Waals surface area contributed by atoms with Crippen LogP contribution in [0.5, 0.6) is 0 Å². The third kappa shape index (κ3) is 3.43. The first kappa shape index (κ1) is 13.3. The molecule has 1 saturated carbocycles. The fourth-order valence-electron chi connectivity index (χ4n) is 3.53. The highest BCUT2D eigenvalue weighted by Crippen LogP contribution is 2.34. The second kappa shape index (κ2) is 6.17. The van der Waals surface area contributed by atoms with Gasteiger partial charge in [0.2, 0.25) is 0 Å². The summed E-state index contributed by atoms with van der Waals surface area (Å²) < 4.78 is 0. The maximum absolute atomic E-state index is 10.1. The number of aliphatic hydroxyl groups excluding tert-OH is 1. The number of hydrogen-bond acceptors (Lipinski definition) is 3. The van der Waals surface area contributed by atoms with Crippen molar-refractivity contribution in [2.75, 3.05) is 33.7 Å². The number of likely N-dealkylation sites (tertiary alicyclic amines) is 1. The van der Waals surface area contributed by atoms with Gasteiger partial charge < -0.3 is 10.0 Å². The highest BCUT2D eigenvalue weighted by atomic mass is 16.3. The van der Waals surface area contributed by atoms with Crippen LogP contribution in [0.15, 0.2) is 0 Å². The molecule has 17 heavy (non-hydrogen) atoms. The molecule has 0 amide bonds. The average Bonchev–Trinajstić information content (AvgIpc) is 2.73. The van der Waals surface area contributed by atoms with Crippen LogP contribution >= 0.6 is 0 Å². The van der Waals surface area contributed by atoms with E-state index in [1.54, 1.807) is 0 Å². The Bertz CT molecular complexity index is 232. The quantitative estimate of drug-likeness (QED) is 0.808. The lowest BCUT2D eigenvalue weighted by molar-refractivity contribution is 0.0328. The van der Waals surface area contributed by atoms with Crippen LogP contribution in [0.3, 0.4) is 0 Å². The summed E-state index contributed by atoms with van der Waals surface area (Å²) in [4.78, 5) is 4.90. The second-order valence-corrected chi connectivity index (χ2v) is 6.06. The first-order valence-electron chi connectivity index (χ1n) is 7.25. The number of nitrogens with zero attached hydrogens (tertiary/aromatic N) is 2. The van der Waals surface area contributed by atoms with E-state index in [2.05, 4.69) is 23.9 Å². The topological polar surface area (TPSA) is 26.7 Å². The van der Waals surface area contributed by atoms with Crippen molar-refractivity contribution >= 4 is 0 Å². The van der Waals surface area contributed by atoms with Crippen molar-refractivity contribution in [1.82, 2.24) is 9.80 Å². The third-order valence-electron chi connectivity index (χ3n) is 4.52. The van der Waals surface area contributed by atoms with Crippen molar-refractivity contribution in [3.8, 4) is 0 Å². The largest absolute Gasteiger partial charge is 0.393 e. The summed E-state index contributed by atoms with van der Waals surface area (Å²) in [7, 11) is 4.28. The standard InChI is InChI=1S/C14H28N2O/c1-15(2)10-11-16-9-4-3-7-13(16)12-6-5-8-14(12)17/h12-14,17H,3-11H2,1-2H3. The Labute approximate surface area is 106 Å². The van der Waals surface area contributed by atoms with E-state index in [-0.39, 0.29) is 6.10 Å². The maximum atomic E-state index is 10.1.